The van der Waals surface area contributed by atoms with Gasteiger partial charge in [-0.25, -0.2) is 0 Å². The molecule has 1 aliphatic rings. The molecule has 1 unspecified atom stereocenters. The predicted molar refractivity (Wildman–Crippen MR) is 43.0 cm³/mol. The van der Waals surface area contributed by atoms with Crippen molar-refractivity contribution >= 4 is 0 Å². The maximum Gasteiger partial charge on any atom is 0.0888 e. The molecule has 1 rings (SSSR count). The van der Waals surface area contributed by atoms with Gasteiger partial charge >= 0.3 is 0 Å². The predicted octanol–water partition coefficient (Wildman–Crippen LogP) is 2.60. The van der Waals surface area contributed by atoms with E-state index in [-0.39, 0.29) is 5.60 Å². The standard InChI is InChI=1S/C9H18O/c1-8(2,3)5-6-9(4)7-10-9/h5-7H2,1-4H3. The topological polar surface area (TPSA) is 12.5 Å². The number of hydrogen-bond acceptors (Lipinski definition) is 1. The molecule has 1 aliphatic heterocycles. The smallest absolute Gasteiger partial charge is 0.0888 e. The zero-order valence-electron chi connectivity index (χ0n) is 7.53. The van der Waals surface area contributed by atoms with E-state index in [1.165, 1.54) is 12.8 Å². The summed E-state index contributed by atoms with van der Waals surface area (Å²) >= 11 is 0. The van der Waals surface area contributed by atoms with Crippen LogP contribution in [-0.4, -0.2) is 12.2 Å². The van der Waals surface area contributed by atoms with Gasteiger partial charge in [0, 0.05) is 0 Å². The fraction of sp³-hybridized carbons (Fsp3) is 1.00. The van der Waals surface area contributed by atoms with Crippen LogP contribution in [-0.2, 0) is 4.74 Å². The molecule has 0 N–H and O–H groups in total. The molecule has 0 bridgehead atoms. The van der Waals surface area contributed by atoms with Gasteiger partial charge in [-0.2, -0.15) is 0 Å². The second-order valence-electron chi connectivity index (χ2n) is 4.80. The lowest BCUT2D eigenvalue weighted by atomic mass is 9.87. The lowest BCUT2D eigenvalue weighted by Gasteiger charge is -2.18. The van der Waals surface area contributed by atoms with Crippen molar-refractivity contribution in [3.63, 3.8) is 0 Å². The van der Waals surface area contributed by atoms with Crippen molar-refractivity contribution in [2.45, 2.75) is 46.1 Å². The Labute approximate surface area is 63.8 Å². The Hall–Kier alpha value is -0.0400. The highest BCUT2D eigenvalue weighted by atomic mass is 16.6. The van der Waals surface area contributed by atoms with Crippen molar-refractivity contribution in [2.24, 2.45) is 5.41 Å². The van der Waals surface area contributed by atoms with Crippen molar-refractivity contribution < 1.29 is 4.74 Å². The van der Waals surface area contributed by atoms with E-state index in [9.17, 15) is 0 Å². The summed E-state index contributed by atoms with van der Waals surface area (Å²) in [6.45, 7) is 10.00. The molecule has 1 nitrogen and oxygen atoms in total. The van der Waals surface area contributed by atoms with Gasteiger partial charge in [0.05, 0.1) is 12.2 Å². The summed E-state index contributed by atoms with van der Waals surface area (Å²) in [4.78, 5) is 0. The van der Waals surface area contributed by atoms with Gasteiger partial charge in [-0.05, 0) is 25.2 Å². The fourth-order valence-electron chi connectivity index (χ4n) is 0.907. The molecule has 0 aliphatic carbocycles. The van der Waals surface area contributed by atoms with Crippen molar-refractivity contribution in [3.05, 3.63) is 0 Å². The molecule has 0 aromatic rings. The van der Waals surface area contributed by atoms with E-state index in [2.05, 4.69) is 27.7 Å². The fourth-order valence-corrected chi connectivity index (χ4v) is 0.907. The van der Waals surface area contributed by atoms with E-state index in [4.69, 9.17) is 4.74 Å². The summed E-state index contributed by atoms with van der Waals surface area (Å²) in [7, 11) is 0. The van der Waals surface area contributed by atoms with Gasteiger partial charge in [0.15, 0.2) is 0 Å². The summed E-state index contributed by atoms with van der Waals surface area (Å²) in [6, 6.07) is 0. The molecule has 1 fully saturated rings. The van der Waals surface area contributed by atoms with Crippen LogP contribution in [0, 0.1) is 5.41 Å². The number of epoxide rings is 1. The SMILES string of the molecule is CC(C)(C)CCC1(C)CO1. The van der Waals surface area contributed by atoms with E-state index in [1.807, 2.05) is 0 Å². The highest BCUT2D eigenvalue weighted by molar-refractivity contribution is 4.87. The van der Waals surface area contributed by atoms with Gasteiger partial charge < -0.3 is 4.74 Å². The normalized spacial score (nSPS) is 32.4. The highest BCUT2D eigenvalue weighted by Gasteiger charge is 2.39. The minimum atomic E-state index is 0.257. The van der Waals surface area contributed by atoms with Crippen LogP contribution in [0.5, 0.6) is 0 Å². The highest BCUT2D eigenvalue weighted by Crippen LogP contribution is 2.35. The van der Waals surface area contributed by atoms with Crippen LogP contribution >= 0.6 is 0 Å². The quantitative estimate of drug-likeness (QED) is 0.540. The lowest BCUT2D eigenvalue weighted by Crippen LogP contribution is -2.12. The maximum atomic E-state index is 5.29. The third-order valence-electron chi connectivity index (χ3n) is 2.04. The monoisotopic (exact) mass is 142 g/mol. The second-order valence-corrected chi connectivity index (χ2v) is 4.80. The first kappa shape index (κ1) is 8.06. The Morgan fingerprint density at radius 3 is 2.20 bits per heavy atom. The van der Waals surface area contributed by atoms with Gasteiger partial charge in [0.2, 0.25) is 0 Å². The number of rotatable bonds is 2. The van der Waals surface area contributed by atoms with Gasteiger partial charge in [-0.3, -0.25) is 0 Å². The minimum absolute atomic E-state index is 0.257. The van der Waals surface area contributed by atoms with E-state index in [0.717, 1.165) is 6.61 Å². The number of ether oxygens (including phenoxy) is 1. The first-order valence-corrected chi connectivity index (χ1v) is 4.05. The Kier molecular flexibility index (Phi) is 1.80. The largest absolute Gasteiger partial charge is 0.370 e. The average Bonchev–Trinajstić information content (AvgIpc) is 2.43. The van der Waals surface area contributed by atoms with Crippen LogP contribution in [0.2, 0.25) is 0 Å². The molecule has 60 valence electrons. The van der Waals surface area contributed by atoms with Crippen LogP contribution in [0.1, 0.15) is 40.5 Å². The molecule has 0 aromatic heterocycles. The summed E-state index contributed by atoms with van der Waals surface area (Å²) in [6.07, 6.45) is 2.49. The van der Waals surface area contributed by atoms with Gasteiger partial charge in [0.1, 0.15) is 0 Å². The Balaban J connectivity index is 2.17. The van der Waals surface area contributed by atoms with Gasteiger partial charge in [-0.1, -0.05) is 20.8 Å². The molecule has 1 heteroatoms. The molecule has 0 radical (unpaired) electrons. The third kappa shape index (κ3) is 2.70. The minimum Gasteiger partial charge on any atom is -0.370 e. The molecule has 0 aromatic carbocycles. The molecule has 0 amide bonds. The van der Waals surface area contributed by atoms with Crippen LogP contribution < -0.4 is 0 Å². The molecular formula is C9H18O. The molecule has 0 saturated carbocycles. The van der Waals surface area contributed by atoms with Crippen LogP contribution in [0.15, 0.2) is 0 Å². The van der Waals surface area contributed by atoms with E-state index < -0.39 is 0 Å². The second kappa shape index (κ2) is 2.23. The Morgan fingerprint density at radius 1 is 1.40 bits per heavy atom. The molecule has 10 heavy (non-hydrogen) atoms. The van der Waals surface area contributed by atoms with E-state index in [1.54, 1.807) is 0 Å². The Bertz CT molecular complexity index is 112. The summed E-state index contributed by atoms with van der Waals surface area (Å²) in [5.74, 6) is 0. The van der Waals surface area contributed by atoms with Crippen molar-refractivity contribution in [1.29, 1.82) is 0 Å². The van der Waals surface area contributed by atoms with E-state index >= 15 is 0 Å². The van der Waals surface area contributed by atoms with Crippen molar-refractivity contribution in [3.8, 4) is 0 Å². The third-order valence-corrected chi connectivity index (χ3v) is 2.04. The van der Waals surface area contributed by atoms with E-state index in [0.29, 0.717) is 5.41 Å². The molecule has 0 spiro atoms. The first-order valence-electron chi connectivity index (χ1n) is 4.05. The van der Waals surface area contributed by atoms with Crippen LogP contribution in [0.25, 0.3) is 0 Å². The zero-order chi connectivity index (χ0) is 7.83. The zero-order valence-corrected chi connectivity index (χ0v) is 7.53. The molecule has 1 atom stereocenters. The van der Waals surface area contributed by atoms with Crippen molar-refractivity contribution in [1.82, 2.24) is 0 Å². The summed E-state index contributed by atoms with van der Waals surface area (Å²) in [5.41, 5.74) is 0.724. The van der Waals surface area contributed by atoms with Gasteiger partial charge in [0.25, 0.3) is 0 Å². The average molecular weight is 142 g/mol. The summed E-state index contributed by atoms with van der Waals surface area (Å²) < 4.78 is 5.29. The van der Waals surface area contributed by atoms with Crippen LogP contribution in [0.4, 0.5) is 0 Å². The first-order chi connectivity index (χ1) is 4.41. The Morgan fingerprint density at radius 2 is 1.90 bits per heavy atom. The molecular weight excluding hydrogens is 124 g/mol. The summed E-state index contributed by atoms with van der Waals surface area (Å²) in [5, 5.41) is 0. The number of hydrogen-bond donors (Lipinski definition) is 0. The van der Waals surface area contributed by atoms with Gasteiger partial charge in [-0.15, -0.1) is 0 Å². The molecule has 1 heterocycles. The van der Waals surface area contributed by atoms with Crippen molar-refractivity contribution in [2.75, 3.05) is 6.61 Å². The molecule has 1 saturated heterocycles. The lowest BCUT2D eigenvalue weighted by molar-refractivity contribution is 0.261. The maximum absolute atomic E-state index is 5.29. The van der Waals surface area contributed by atoms with Crippen LogP contribution in [0.3, 0.4) is 0 Å².